The number of rotatable bonds is 4. The number of hydrogen-bond acceptors (Lipinski definition) is 4. The SMILES string of the molecule is CC(C)(C)c1cc(-c2ccc(F)c(F)c2)cc(C(=O)Nc2ccc(S(=O)(=O)C(F)(F)F)cc2Cl)c1O. The van der Waals surface area contributed by atoms with E-state index in [9.17, 15) is 40.3 Å². The molecule has 3 aromatic rings. The number of alkyl halides is 3. The first-order valence-electron chi connectivity index (χ1n) is 10.2. The number of sulfone groups is 1. The van der Waals surface area contributed by atoms with Crippen molar-refractivity contribution in [3.63, 3.8) is 0 Å². The average molecular weight is 548 g/mol. The molecule has 36 heavy (non-hydrogen) atoms. The monoisotopic (exact) mass is 547 g/mol. The number of carbonyl (C=O) groups is 1. The van der Waals surface area contributed by atoms with Gasteiger partial charge in [0.25, 0.3) is 15.7 Å². The molecule has 0 fully saturated rings. The minimum atomic E-state index is -5.66. The zero-order chi connectivity index (χ0) is 27.2. The first-order chi connectivity index (χ1) is 16.4. The van der Waals surface area contributed by atoms with Crippen LogP contribution in [0, 0.1) is 11.6 Å². The average Bonchev–Trinajstić information content (AvgIpc) is 2.75. The maximum Gasteiger partial charge on any atom is 0.501 e. The topological polar surface area (TPSA) is 83.5 Å². The van der Waals surface area contributed by atoms with Gasteiger partial charge < -0.3 is 10.4 Å². The van der Waals surface area contributed by atoms with Gasteiger partial charge in [0.2, 0.25) is 0 Å². The number of amides is 1. The number of halogens is 6. The summed E-state index contributed by atoms with van der Waals surface area (Å²) in [6, 6.07) is 7.90. The van der Waals surface area contributed by atoms with Crippen LogP contribution in [-0.2, 0) is 15.3 Å². The van der Waals surface area contributed by atoms with Crippen LogP contribution in [-0.4, -0.2) is 24.9 Å². The normalized spacial score (nSPS) is 12.5. The van der Waals surface area contributed by atoms with Crippen molar-refractivity contribution >= 4 is 33.0 Å². The van der Waals surface area contributed by atoms with Crippen molar-refractivity contribution in [3.8, 4) is 16.9 Å². The Labute approximate surface area is 208 Å². The number of carbonyl (C=O) groups excluding carboxylic acids is 1. The van der Waals surface area contributed by atoms with Crippen molar-refractivity contribution in [1.29, 1.82) is 0 Å². The Morgan fingerprint density at radius 1 is 0.917 bits per heavy atom. The molecular weight excluding hydrogens is 529 g/mol. The highest BCUT2D eigenvalue weighted by molar-refractivity contribution is 7.92. The van der Waals surface area contributed by atoms with Gasteiger partial charge in [0, 0.05) is 5.56 Å². The fourth-order valence-corrected chi connectivity index (χ4v) is 4.39. The lowest BCUT2D eigenvalue weighted by molar-refractivity contribution is -0.0436. The summed E-state index contributed by atoms with van der Waals surface area (Å²) in [4.78, 5) is 11.9. The molecule has 12 heteroatoms. The molecule has 0 heterocycles. The number of phenols is 1. The number of aromatic hydroxyl groups is 1. The number of nitrogens with one attached hydrogen (secondary N) is 1. The second kappa shape index (κ2) is 9.36. The van der Waals surface area contributed by atoms with E-state index >= 15 is 0 Å². The minimum Gasteiger partial charge on any atom is -0.507 e. The Morgan fingerprint density at radius 3 is 2.08 bits per heavy atom. The smallest absolute Gasteiger partial charge is 0.501 e. The van der Waals surface area contributed by atoms with Gasteiger partial charge in [-0.05, 0) is 59.0 Å². The fraction of sp³-hybridized carbons (Fsp3) is 0.208. The summed E-state index contributed by atoms with van der Waals surface area (Å²) in [5.41, 5.74) is -5.96. The van der Waals surface area contributed by atoms with Crippen molar-refractivity contribution in [2.45, 2.75) is 36.6 Å². The second-order valence-electron chi connectivity index (χ2n) is 8.84. The minimum absolute atomic E-state index is 0.216. The zero-order valence-corrected chi connectivity index (χ0v) is 20.5. The second-order valence-corrected chi connectivity index (χ2v) is 11.2. The molecule has 0 aromatic heterocycles. The van der Waals surface area contributed by atoms with Crippen LogP contribution in [0.2, 0.25) is 5.02 Å². The number of anilines is 1. The third-order valence-electron chi connectivity index (χ3n) is 5.22. The van der Waals surface area contributed by atoms with E-state index < -0.39 is 54.0 Å². The van der Waals surface area contributed by atoms with Crippen LogP contribution in [0.5, 0.6) is 5.75 Å². The molecular formula is C24H19ClF5NO4S. The van der Waals surface area contributed by atoms with Gasteiger partial charge in [-0.3, -0.25) is 4.79 Å². The highest BCUT2D eigenvalue weighted by atomic mass is 35.5. The first kappa shape index (κ1) is 27.4. The molecule has 0 saturated heterocycles. The van der Waals surface area contributed by atoms with E-state index in [2.05, 4.69) is 5.32 Å². The van der Waals surface area contributed by atoms with Crippen molar-refractivity contribution in [2.24, 2.45) is 0 Å². The Morgan fingerprint density at radius 2 is 1.56 bits per heavy atom. The lowest BCUT2D eigenvalue weighted by atomic mass is 9.83. The third-order valence-corrected chi connectivity index (χ3v) is 7.02. The van der Waals surface area contributed by atoms with E-state index in [1.54, 1.807) is 20.8 Å². The predicted molar refractivity (Wildman–Crippen MR) is 125 cm³/mol. The van der Waals surface area contributed by atoms with Crippen molar-refractivity contribution in [1.82, 2.24) is 0 Å². The van der Waals surface area contributed by atoms with Crippen molar-refractivity contribution in [2.75, 3.05) is 5.32 Å². The third kappa shape index (κ3) is 5.31. The van der Waals surface area contributed by atoms with Crippen molar-refractivity contribution in [3.05, 3.63) is 76.3 Å². The molecule has 0 aliphatic heterocycles. The molecule has 0 saturated carbocycles. The van der Waals surface area contributed by atoms with Crippen LogP contribution >= 0.6 is 11.6 Å². The summed E-state index contributed by atoms with van der Waals surface area (Å²) in [6.45, 7) is 5.24. The highest BCUT2D eigenvalue weighted by Crippen LogP contribution is 2.39. The molecule has 2 N–H and O–H groups in total. The van der Waals surface area contributed by atoms with E-state index in [-0.39, 0.29) is 22.4 Å². The van der Waals surface area contributed by atoms with Gasteiger partial charge in [-0.25, -0.2) is 17.2 Å². The molecule has 192 valence electrons. The van der Waals surface area contributed by atoms with E-state index in [0.29, 0.717) is 17.7 Å². The zero-order valence-electron chi connectivity index (χ0n) is 19.0. The number of phenolic OH excluding ortho intramolecular Hbond substituents is 1. The van der Waals surface area contributed by atoms with Gasteiger partial charge in [0.05, 0.1) is 21.2 Å². The maximum absolute atomic E-state index is 13.8. The highest BCUT2D eigenvalue weighted by Gasteiger charge is 2.47. The summed E-state index contributed by atoms with van der Waals surface area (Å²) in [7, 11) is -5.66. The van der Waals surface area contributed by atoms with E-state index in [0.717, 1.165) is 18.2 Å². The van der Waals surface area contributed by atoms with E-state index in [1.165, 1.54) is 18.2 Å². The summed E-state index contributed by atoms with van der Waals surface area (Å²) in [5, 5.41) is 12.6. The van der Waals surface area contributed by atoms with Gasteiger partial charge in [-0.15, -0.1) is 0 Å². The van der Waals surface area contributed by atoms with Crippen LogP contribution in [0.3, 0.4) is 0 Å². The molecule has 0 bridgehead atoms. The molecule has 0 radical (unpaired) electrons. The molecule has 0 unspecified atom stereocenters. The van der Waals surface area contributed by atoms with Crippen LogP contribution in [0.4, 0.5) is 27.6 Å². The molecule has 3 rings (SSSR count). The van der Waals surface area contributed by atoms with Gasteiger partial charge in [0.15, 0.2) is 11.6 Å². The van der Waals surface area contributed by atoms with Crippen LogP contribution < -0.4 is 5.32 Å². The largest absolute Gasteiger partial charge is 0.507 e. The summed E-state index contributed by atoms with van der Waals surface area (Å²) >= 11 is 5.93. The fourth-order valence-electron chi connectivity index (χ4n) is 3.31. The van der Waals surface area contributed by atoms with Gasteiger partial charge in [-0.1, -0.05) is 38.4 Å². The quantitative estimate of drug-likeness (QED) is 0.351. The van der Waals surface area contributed by atoms with Crippen LogP contribution in [0.25, 0.3) is 11.1 Å². The van der Waals surface area contributed by atoms with Gasteiger partial charge >= 0.3 is 5.51 Å². The van der Waals surface area contributed by atoms with Crippen molar-refractivity contribution < 1.29 is 40.3 Å². The Kier molecular flexibility index (Phi) is 7.13. The Hall–Kier alpha value is -3.18. The number of hydrogen-bond donors (Lipinski definition) is 2. The van der Waals surface area contributed by atoms with Crippen LogP contribution in [0.15, 0.2) is 53.4 Å². The number of benzene rings is 3. The van der Waals surface area contributed by atoms with Gasteiger partial charge in [-0.2, -0.15) is 13.2 Å². The van der Waals surface area contributed by atoms with Gasteiger partial charge in [0.1, 0.15) is 5.75 Å². The molecule has 0 spiro atoms. The molecule has 5 nitrogen and oxygen atoms in total. The molecule has 1 amide bonds. The summed E-state index contributed by atoms with van der Waals surface area (Å²) in [5.74, 6) is -3.55. The molecule has 3 aromatic carbocycles. The van der Waals surface area contributed by atoms with E-state index in [1.807, 2.05) is 0 Å². The van der Waals surface area contributed by atoms with E-state index in [4.69, 9.17) is 11.6 Å². The molecule has 0 aliphatic carbocycles. The maximum atomic E-state index is 13.8. The lowest BCUT2D eigenvalue weighted by Crippen LogP contribution is -2.23. The standard InChI is InChI=1S/C24H19ClF5NO4S/c1-23(2,3)16-9-13(12-4-6-18(26)19(27)10-12)8-15(21(16)32)22(33)31-20-7-5-14(11-17(20)25)36(34,35)24(28,29)30/h4-11,32H,1-3H3,(H,31,33). The Bertz CT molecular complexity index is 1460. The first-order valence-corrected chi connectivity index (χ1v) is 12.0. The molecule has 0 atom stereocenters. The summed E-state index contributed by atoms with van der Waals surface area (Å²) in [6.07, 6.45) is 0. The Balaban J connectivity index is 2.07. The summed E-state index contributed by atoms with van der Waals surface area (Å²) < 4.78 is 88.9. The lowest BCUT2D eigenvalue weighted by Gasteiger charge is -2.23. The predicted octanol–water partition coefficient (Wildman–Crippen LogP) is 6.83. The molecule has 0 aliphatic rings. The van der Waals surface area contributed by atoms with Crippen LogP contribution in [0.1, 0.15) is 36.7 Å².